The van der Waals surface area contributed by atoms with Gasteiger partial charge >= 0.3 is 0 Å². The third-order valence-electron chi connectivity index (χ3n) is 6.74. The van der Waals surface area contributed by atoms with Crippen molar-refractivity contribution >= 4 is 11.8 Å². The van der Waals surface area contributed by atoms with E-state index in [1.807, 2.05) is 17.0 Å². The molecule has 4 rings (SSSR count). The summed E-state index contributed by atoms with van der Waals surface area (Å²) >= 11 is 0. The van der Waals surface area contributed by atoms with Crippen LogP contribution in [0.3, 0.4) is 0 Å². The van der Waals surface area contributed by atoms with E-state index in [1.54, 1.807) is 12.4 Å². The SMILES string of the molecule is O=C1C[C@@H](C(=O)N2CCCC[C@H]2CN2CCCCCC2)CN1Cc1cccnc1. The van der Waals surface area contributed by atoms with E-state index in [0.717, 1.165) is 31.5 Å². The van der Waals surface area contributed by atoms with Crippen molar-refractivity contribution < 1.29 is 9.59 Å². The number of aromatic nitrogens is 1. The van der Waals surface area contributed by atoms with Crippen molar-refractivity contribution in [2.75, 3.05) is 32.7 Å². The molecule has 1 aromatic rings. The normalized spacial score (nSPS) is 26.6. The number of amides is 2. The van der Waals surface area contributed by atoms with Crippen LogP contribution in [-0.4, -0.2) is 70.3 Å². The van der Waals surface area contributed by atoms with Crippen LogP contribution in [0.15, 0.2) is 24.5 Å². The number of carbonyl (C=O) groups is 2. The van der Waals surface area contributed by atoms with E-state index in [0.29, 0.717) is 25.6 Å². The molecule has 0 saturated carbocycles. The van der Waals surface area contributed by atoms with Gasteiger partial charge in [0.15, 0.2) is 0 Å². The van der Waals surface area contributed by atoms with Gasteiger partial charge in [-0.2, -0.15) is 0 Å². The largest absolute Gasteiger partial charge is 0.338 e. The summed E-state index contributed by atoms with van der Waals surface area (Å²) in [5.74, 6) is 0.101. The molecule has 0 N–H and O–H groups in total. The van der Waals surface area contributed by atoms with E-state index < -0.39 is 0 Å². The second kappa shape index (κ2) is 9.70. The van der Waals surface area contributed by atoms with Crippen LogP contribution in [-0.2, 0) is 16.1 Å². The van der Waals surface area contributed by atoms with Crippen LogP contribution >= 0.6 is 0 Å². The van der Waals surface area contributed by atoms with Gasteiger partial charge in [0.2, 0.25) is 11.8 Å². The maximum absolute atomic E-state index is 13.4. The first-order chi connectivity index (χ1) is 14.2. The predicted octanol–water partition coefficient (Wildman–Crippen LogP) is 2.69. The Kier molecular flexibility index (Phi) is 6.80. The fraction of sp³-hybridized carbons (Fsp3) is 0.696. The molecule has 0 unspecified atom stereocenters. The highest BCUT2D eigenvalue weighted by Gasteiger charge is 2.39. The van der Waals surface area contributed by atoms with Crippen LogP contribution in [0, 0.1) is 5.92 Å². The first-order valence-electron chi connectivity index (χ1n) is 11.4. The van der Waals surface area contributed by atoms with Crippen molar-refractivity contribution in [3.63, 3.8) is 0 Å². The monoisotopic (exact) mass is 398 g/mol. The molecule has 6 nitrogen and oxygen atoms in total. The summed E-state index contributed by atoms with van der Waals surface area (Å²) in [7, 11) is 0. The molecule has 29 heavy (non-hydrogen) atoms. The summed E-state index contributed by atoms with van der Waals surface area (Å²) in [4.78, 5) is 36.6. The molecule has 6 heteroatoms. The van der Waals surface area contributed by atoms with Crippen LogP contribution in [0.5, 0.6) is 0 Å². The zero-order valence-electron chi connectivity index (χ0n) is 17.5. The summed E-state index contributed by atoms with van der Waals surface area (Å²) in [5.41, 5.74) is 1.02. The highest BCUT2D eigenvalue weighted by molar-refractivity contribution is 5.89. The summed E-state index contributed by atoms with van der Waals surface area (Å²) in [6.07, 6.45) is 12.5. The van der Waals surface area contributed by atoms with E-state index in [1.165, 1.54) is 45.2 Å². The van der Waals surface area contributed by atoms with Gasteiger partial charge in [0, 0.05) is 51.0 Å². The Morgan fingerprint density at radius 2 is 1.86 bits per heavy atom. The van der Waals surface area contributed by atoms with Crippen molar-refractivity contribution in [1.29, 1.82) is 0 Å². The average molecular weight is 399 g/mol. The van der Waals surface area contributed by atoms with Crippen LogP contribution in [0.4, 0.5) is 0 Å². The minimum atomic E-state index is -0.191. The molecule has 0 bridgehead atoms. The van der Waals surface area contributed by atoms with Crippen LogP contribution < -0.4 is 0 Å². The van der Waals surface area contributed by atoms with Crippen LogP contribution in [0.25, 0.3) is 0 Å². The lowest BCUT2D eigenvalue weighted by atomic mass is 9.98. The van der Waals surface area contributed by atoms with Crippen molar-refractivity contribution in [3.8, 4) is 0 Å². The minimum absolute atomic E-state index is 0.0910. The summed E-state index contributed by atoms with van der Waals surface area (Å²) in [6.45, 7) is 5.28. The number of nitrogens with zero attached hydrogens (tertiary/aromatic N) is 4. The van der Waals surface area contributed by atoms with Gasteiger partial charge < -0.3 is 14.7 Å². The van der Waals surface area contributed by atoms with E-state index in [4.69, 9.17) is 0 Å². The van der Waals surface area contributed by atoms with Gasteiger partial charge in [0.25, 0.3) is 0 Å². The molecular formula is C23H34N4O2. The maximum atomic E-state index is 13.4. The molecule has 0 aromatic carbocycles. The Morgan fingerprint density at radius 3 is 2.62 bits per heavy atom. The number of hydrogen-bond donors (Lipinski definition) is 0. The van der Waals surface area contributed by atoms with Crippen molar-refractivity contribution in [2.45, 2.75) is 64.0 Å². The van der Waals surface area contributed by atoms with E-state index >= 15 is 0 Å². The molecule has 3 saturated heterocycles. The molecule has 2 amide bonds. The molecule has 0 spiro atoms. The summed E-state index contributed by atoms with van der Waals surface area (Å²) in [6, 6.07) is 4.19. The quantitative estimate of drug-likeness (QED) is 0.765. The predicted molar refractivity (Wildman–Crippen MR) is 112 cm³/mol. The summed E-state index contributed by atoms with van der Waals surface area (Å²) in [5, 5.41) is 0. The zero-order valence-corrected chi connectivity index (χ0v) is 17.5. The Balaban J connectivity index is 1.37. The molecule has 0 aliphatic carbocycles. The second-order valence-corrected chi connectivity index (χ2v) is 8.93. The van der Waals surface area contributed by atoms with Crippen LogP contribution in [0.1, 0.15) is 56.9 Å². The van der Waals surface area contributed by atoms with E-state index in [-0.39, 0.29) is 17.7 Å². The fourth-order valence-electron chi connectivity index (χ4n) is 5.13. The highest BCUT2D eigenvalue weighted by Crippen LogP contribution is 2.27. The molecule has 158 valence electrons. The highest BCUT2D eigenvalue weighted by atomic mass is 16.2. The lowest BCUT2D eigenvalue weighted by molar-refractivity contribution is -0.139. The first-order valence-corrected chi connectivity index (χ1v) is 11.4. The number of carbonyl (C=O) groups excluding carboxylic acids is 2. The van der Waals surface area contributed by atoms with Gasteiger partial charge in [0.1, 0.15) is 0 Å². The Bertz CT molecular complexity index is 687. The zero-order chi connectivity index (χ0) is 20.1. The van der Waals surface area contributed by atoms with Gasteiger partial charge in [0.05, 0.1) is 5.92 Å². The number of pyridine rings is 1. The molecule has 3 aliphatic heterocycles. The Morgan fingerprint density at radius 1 is 1.07 bits per heavy atom. The minimum Gasteiger partial charge on any atom is -0.338 e. The van der Waals surface area contributed by atoms with Crippen molar-refractivity contribution in [2.24, 2.45) is 5.92 Å². The number of piperidine rings is 1. The molecular weight excluding hydrogens is 364 g/mol. The van der Waals surface area contributed by atoms with Gasteiger partial charge in [-0.1, -0.05) is 18.9 Å². The van der Waals surface area contributed by atoms with Gasteiger partial charge in [-0.05, 0) is 56.8 Å². The molecule has 3 fully saturated rings. The third kappa shape index (κ3) is 5.16. The second-order valence-electron chi connectivity index (χ2n) is 8.93. The van der Waals surface area contributed by atoms with Gasteiger partial charge in [-0.3, -0.25) is 14.6 Å². The van der Waals surface area contributed by atoms with Crippen LogP contribution in [0.2, 0.25) is 0 Å². The number of likely N-dealkylation sites (tertiary alicyclic amines) is 3. The third-order valence-corrected chi connectivity index (χ3v) is 6.74. The maximum Gasteiger partial charge on any atom is 0.228 e. The molecule has 0 radical (unpaired) electrons. The van der Waals surface area contributed by atoms with Crippen molar-refractivity contribution in [1.82, 2.24) is 19.7 Å². The topological polar surface area (TPSA) is 56.8 Å². The standard InChI is InChI=1S/C23H34N4O2/c28-22-14-20(17-26(22)16-19-8-7-10-24-15-19)23(29)27-13-6-3-9-21(27)18-25-11-4-1-2-5-12-25/h7-8,10,15,20-21H,1-6,9,11-14,16-18H2/t20-,21+/m1/s1. The summed E-state index contributed by atoms with van der Waals surface area (Å²) < 4.78 is 0. The van der Waals surface area contributed by atoms with E-state index in [2.05, 4.69) is 14.8 Å². The van der Waals surface area contributed by atoms with Gasteiger partial charge in [-0.25, -0.2) is 0 Å². The molecule has 3 aliphatic rings. The van der Waals surface area contributed by atoms with Crippen molar-refractivity contribution in [3.05, 3.63) is 30.1 Å². The average Bonchev–Trinajstić information content (AvgIpc) is 2.93. The van der Waals surface area contributed by atoms with Gasteiger partial charge in [-0.15, -0.1) is 0 Å². The Hall–Kier alpha value is -1.95. The lowest BCUT2D eigenvalue weighted by Crippen LogP contribution is -2.51. The molecule has 4 heterocycles. The molecule has 2 atom stereocenters. The number of hydrogen-bond acceptors (Lipinski definition) is 4. The molecule has 1 aromatic heterocycles. The lowest BCUT2D eigenvalue weighted by Gasteiger charge is -2.39. The first kappa shape index (κ1) is 20.3. The Labute approximate surface area is 174 Å². The fourth-order valence-corrected chi connectivity index (χ4v) is 5.13. The van der Waals surface area contributed by atoms with E-state index in [9.17, 15) is 9.59 Å². The number of rotatable bonds is 5. The smallest absolute Gasteiger partial charge is 0.228 e.